The van der Waals surface area contributed by atoms with Crippen molar-refractivity contribution in [2.24, 2.45) is 0 Å². The van der Waals surface area contributed by atoms with Gasteiger partial charge in [-0.25, -0.2) is 4.39 Å². The molecule has 0 atom stereocenters. The molecule has 0 aliphatic heterocycles. The minimum atomic E-state index is -0.317. The van der Waals surface area contributed by atoms with Crippen molar-refractivity contribution >= 4 is 0 Å². The van der Waals surface area contributed by atoms with Crippen LogP contribution in [0, 0.1) is 11.9 Å². The number of benzene rings is 1. The van der Waals surface area contributed by atoms with E-state index in [1.165, 1.54) is 12.1 Å². The predicted octanol–water partition coefficient (Wildman–Crippen LogP) is 2.41. The van der Waals surface area contributed by atoms with Crippen LogP contribution in [0.15, 0.2) is 18.2 Å². The lowest BCUT2D eigenvalue weighted by molar-refractivity contribution is 0.241. The Morgan fingerprint density at radius 3 is 2.73 bits per heavy atom. The molecule has 1 aromatic carbocycles. The second-order valence-electron chi connectivity index (χ2n) is 2.55. The molecule has 0 aliphatic carbocycles. The molecule has 0 bridgehead atoms. The molecular formula is C9H10FO. The average molecular weight is 153 g/mol. The van der Waals surface area contributed by atoms with E-state index in [9.17, 15) is 4.39 Å². The fourth-order valence-corrected chi connectivity index (χ4v) is 0.763. The van der Waals surface area contributed by atoms with Crippen molar-refractivity contribution in [3.05, 3.63) is 30.1 Å². The second kappa shape index (κ2) is 3.37. The van der Waals surface area contributed by atoms with Crippen LogP contribution in [0.1, 0.15) is 13.8 Å². The quantitative estimate of drug-likeness (QED) is 0.634. The van der Waals surface area contributed by atoms with E-state index in [0.717, 1.165) is 0 Å². The summed E-state index contributed by atoms with van der Waals surface area (Å²) in [5.41, 5.74) is 0. The van der Waals surface area contributed by atoms with E-state index >= 15 is 0 Å². The average Bonchev–Trinajstić information content (AvgIpc) is 1.85. The van der Waals surface area contributed by atoms with Crippen molar-refractivity contribution in [2.45, 2.75) is 20.0 Å². The lowest BCUT2D eigenvalue weighted by atomic mass is 10.3. The molecule has 1 radical (unpaired) electrons. The molecule has 0 spiro atoms. The van der Waals surface area contributed by atoms with Gasteiger partial charge in [-0.3, -0.25) is 0 Å². The smallest absolute Gasteiger partial charge is 0.127 e. The first-order valence-corrected chi connectivity index (χ1v) is 3.52. The number of ether oxygens (including phenoxy) is 1. The predicted molar refractivity (Wildman–Crippen MR) is 41.0 cm³/mol. The number of hydrogen-bond acceptors (Lipinski definition) is 1. The largest absolute Gasteiger partial charge is 0.491 e. The third-order valence-electron chi connectivity index (χ3n) is 1.10. The second-order valence-corrected chi connectivity index (χ2v) is 2.55. The van der Waals surface area contributed by atoms with Gasteiger partial charge in [0.15, 0.2) is 0 Å². The maximum Gasteiger partial charge on any atom is 0.127 e. The molecule has 0 amide bonds. The van der Waals surface area contributed by atoms with Gasteiger partial charge in [0.05, 0.1) is 6.10 Å². The first-order chi connectivity index (χ1) is 5.18. The molecular weight excluding hydrogens is 143 g/mol. The molecule has 0 saturated carbocycles. The summed E-state index contributed by atoms with van der Waals surface area (Å²) in [5, 5.41) is 0. The van der Waals surface area contributed by atoms with Gasteiger partial charge >= 0.3 is 0 Å². The van der Waals surface area contributed by atoms with Gasteiger partial charge < -0.3 is 4.74 Å². The Morgan fingerprint density at radius 2 is 2.18 bits per heavy atom. The standard InChI is InChI=1S/C9H10FO/c1-7(2)11-9-5-3-4-8(10)6-9/h4-7H,1-2H3. The van der Waals surface area contributed by atoms with Gasteiger partial charge in [-0.05, 0) is 32.0 Å². The van der Waals surface area contributed by atoms with Gasteiger partial charge in [0, 0.05) is 6.07 Å². The zero-order valence-electron chi connectivity index (χ0n) is 6.60. The van der Waals surface area contributed by atoms with E-state index in [0.29, 0.717) is 5.75 Å². The monoisotopic (exact) mass is 153 g/mol. The van der Waals surface area contributed by atoms with Crippen molar-refractivity contribution < 1.29 is 9.13 Å². The Hall–Kier alpha value is -1.05. The lowest BCUT2D eigenvalue weighted by Crippen LogP contribution is -2.05. The normalized spacial score (nSPS) is 10.2. The van der Waals surface area contributed by atoms with Crippen LogP contribution in [-0.4, -0.2) is 6.10 Å². The summed E-state index contributed by atoms with van der Waals surface area (Å²) in [7, 11) is 0. The van der Waals surface area contributed by atoms with E-state index in [4.69, 9.17) is 4.74 Å². The molecule has 1 rings (SSSR count). The van der Waals surface area contributed by atoms with Crippen molar-refractivity contribution in [1.82, 2.24) is 0 Å². The number of halogens is 1. The van der Waals surface area contributed by atoms with E-state index in [1.54, 1.807) is 6.07 Å². The van der Waals surface area contributed by atoms with Crippen LogP contribution >= 0.6 is 0 Å². The zero-order valence-corrected chi connectivity index (χ0v) is 6.60. The highest BCUT2D eigenvalue weighted by Crippen LogP contribution is 2.12. The molecule has 1 nitrogen and oxygen atoms in total. The highest BCUT2D eigenvalue weighted by Gasteiger charge is 1.97. The van der Waals surface area contributed by atoms with Gasteiger partial charge in [-0.15, -0.1) is 0 Å². The number of rotatable bonds is 2. The van der Waals surface area contributed by atoms with Gasteiger partial charge in [-0.2, -0.15) is 0 Å². The van der Waals surface area contributed by atoms with Crippen molar-refractivity contribution in [1.29, 1.82) is 0 Å². The third-order valence-corrected chi connectivity index (χ3v) is 1.10. The topological polar surface area (TPSA) is 9.23 Å². The van der Waals surface area contributed by atoms with Crippen molar-refractivity contribution in [3.63, 3.8) is 0 Å². The van der Waals surface area contributed by atoms with Crippen LogP contribution < -0.4 is 4.74 Å². The Kier molecular flexibility index (Phi) is 2.47. The van der Waals surface area contributed by atoms with Crippen LogP contribution in [0.3, 0.4) is 0 Å². The molecule has 0 unspecified atom stereocenters. The third kappa shape index (κ3) is 2.58. The van der Waals surface area contributed by atoms with E-state index in [1.807, 2.05) is 13.8 Å². The Bertz CT molecular complexity index is 233. The van der Waals surface area contributed by atoms with Crippen LogP contribution in [0.25, 0.3) is 0 Å². The highest BCUT2D eigenvalue weighted by atomic mass is 19.1. The molecule has 0 N–H and O–H groups in total. The molecule has 0 heterocycles. The summed E-state index contributed by atoms with van der Waals surface area (Å²) >= 11 is 0. The van der Waals surface area contributed by atoms with Crippen LogP contribution in [0.5, 0.6) is 5.75 Å². The minimum absolute atomic E-state index is 0.0743. The molecule has 0 aliphatic rings. The van der Waals surface area contributed by atoms with Crippen LogP contribution in [-0.2, 0) is 0 Å². The number of hydrogen-bond donors (Lipinski definition) is 0. The van der Waals surface area contributed by atoms with Gasteiger partial charge in [0.2, 0.25) is 0 Å². The Balaban J connectivity index is 2.71. The molecule has 2 heteroatoms. The zero-order chi connectivity index (χ0) is 8.27. The molecule has 0 fully saturated rings. The molecule has 59 valence electrons. The van der Waals surface area contributed by atoms with Gasteiger partial charge in [0.25, 0.3) is 0 Å². The Morgan fingerprint density at radius 1 is 1.45 bits per heavy atom. The first-order valence-electron chi connectivity index (χ1n) is 3.52. The maximum atomic E-state index is 12.5. The summed E-state index contributed by atoms with van der Waals surface area (Å²) in [6.07, 6.45) is 0.0743. The van der Waals surface area contributed by atoms with E-state index in [-0.39, 0.29) is 11.9 Å². The van der Waals surface area contributed by atoms with Gasteiger partial charge in [-0.1, -0.05) is 0 Å². The van der Waals surface area contributed by atoms with Crippen LogP contribution in [0.2, 0.25) is 0 Å². The minimum Gasteiger partial charge on any atom is -0.491 e. The highest BCUT2D eigenvalue weighted by molar-refractivity contribution is 5.21. The van der Waals surface area contributed by atoms with Crippen molar-refractivity contribution in [3.8, 4) is 5.75 Å². The van der Waals surface area contributed by atoms with E-state index < -0.39 is 0 Å². The molecule has 0 aromatic heterocycles. The first kappa shape index (κ1) is 8.05. The maximum absolute atomic E-state index is 12.5. The summed E-state index contributed by atoms with van der Waals surface area (Å²) in [4.78, 5) is 0. The molecule has 1 aromatic rings. The summed E-state index contributed by atoms with van der Waals surface area (Å²) in [6.45, 7) is 3.79. The Labute approximate surface area is 65.8 Å². The van der Waals surface area contributed by atoms with Crippen LogP contribution in [0.4, 0.5) is 4.39 Å². The SMILES string of the molecule is CC(C)Oc1c[c]cc(F)c1. The fraction of sp³-hybridized carbons (Fsp3) is 0.333. The van der Waals surface area contributed by atoms with Gasteiger partial charge in [0.1, 0.15) is 11.6 Å². The van der Waals surface area contributed by atoms with E-state index in [2.05, 4.69) is 6.07 Å². The summed E-state index contributed by atoms with van der Waals surface area (Å²) in [5.74, 6) is 0.211. The summed E-state index contributed by atoms with van der Waals surface area (Å²) in [6, 6.07) is 6.86. The fourth-order valence-electron chi connectivity index (χ4n) is 0.763. The van der Waals surface area contributed by atoms with Crippen molar-refractivity contribution in [2.75, 3.05) is 0 Å². The molecule has 0 saturated heterocycles. The summed E-state index contributed by atoms with van der Waals surface area (Å²) < 4.78 is 17.7. The molecule has 11 heavy (non-hydrogen) atoms. The lowest BCUT2D eigenvalue weighted by Gasteiger charge is -2.08.